The third-order valence-electron chi connectivity index (χ3n) is 4.58. The number of benzene rings is 1. The molecule has 21 heavy (non-hydrogen) atoms. The summed E-state index contributed by atoms with van der Waals surface area (Å²) < 4.78 is 13.4. The van der Waals surface area contributed by atoms with E-state index in [4.69, 9.17) is 11.6 Å². The second kappa shape index (κ2) is 7.60. The Morgan fingerprint density at radius 3 is 2.43 bits per heavy atom. The molecule has 0 aliphatic heterocycles. The van der Waals surface area contributed by atoms with Crippen molar-refractivity contribution in [1.29, 1.82) is 0 Å². The first kappa shape index (κ1) is 16.8. The summed E-state index contributed by atoms with van der Waals surface area (Å²) in [6.07, 6.45) is 7.34. The molecule has 1 saturated carbocycles. The van der Waals surface area contributed by atoms with E-state index >= 15 is 0 Å². The van der Waals surface area contributed by atoms with Gasteiger partial charge in [-0.1, -0.05) is 57.2 Å². The number of nitrogens with one attached hydrogen (secondary N) is 1. The molecule has 0 radical (unpaired) electrons. The van der Waals surface area contributed by atoms with Crippen molar-refractivity contribution in [2.75, 3.05) is 13.1 Å². The fraction of sp³-hybridized carbons (Fsp3) is 0.667. The average molecular weight is 312 g/mol. The molecule has 118 valence electrons. The highest BCUT2D eigenvalue weighted by Gasteiger charge is 2.34. The first-order chi connectivity index (χ1) is 10.0. The van der Waals surface area contributed by atoms with Crippen molar-refractivity contribution in [2.24, 2.45) is 5.92 Å². The van der Waals surface area contributed by atoms with Crippen molar-refractivity contribution in [1.82, 2.24) is 5.32 Å². The highest BCUT2D eigenvalue weighted by atomic mass is 35.5. The molecule has 0 amide bonds. The van der Waals surface area contributed by atoms with Crippen molar-refractivity contribution in [3.63, 3.8) is 0 Å². The maximum atomic E-state index is 13.4. The molecular formula is C18H27ClFN. The van der Waals surface area contributed by atoms with Gasteiger partial charge in [0.25, 0.3) is 0 Å². The summed E-state index contributed by atoms with van der Waals surface area (Å²) in [4.78, 5) is 0. The Hall–Kier alpha value is -0.600. The average Bonchev–Trinajstić information content (AvgIpc) is 2.64. The van der Waals surface area contributed by atoms with Crippen LogP contribution in [0.3, 0.4) is 0 Å². The van der Waals surface area contributed by atoms with Crippen LogP contribution in [0, 0.1) is 11.7 Å². The molecule has 1 nitrogen and oxygen atoms in total. The van der Waals surface area contributed by atoms with Gasteiger partial charge in [0, 0.05) is 17.0 Å². The zero-order valence-electron chi connectivity index (χ0n) is 13.2. The molecule has 0 bridgehead atoms. The van der Waals surface area contributed by atoms with Crippen molar-refractivity contribution in [2.45, 2.75) is 57.8 Å². The Morgan fingerprint density at radius 2 is 1.86 bits per heavy atom. The zero-order chi connectivity index (χ0) is 15.3. The Morgan fingerprint density at radius 1 is 1.19 bits per heavy atom. The predicted molar refractivity (Wildman–Crippen MR) is 88.5 cm³/mol. The quantitative estimate of drug-likeness (QED) is 0.726. The molecule has 2 rings (SSSR count). The van der Waals surface area contributed by atoms with Crippen LogP contribution in [-0.4, -0.2) is 13.1 Å². The second-order valence-corrected chi connectivity index (χ2v) is 7.25. The summed E-state index contributed by atoms with van der Waals surface area (Å²) in [5.74, 6) is 0.388. The fourth-order valence-corrected chi connectivity index (χ4v) is 3.83. The van der Waals surface area contributed by atoms with Crippen LogP contribution in [0.2, 0.25) is 5.02 Å². The van der Waals surface area contributed by atoms with Gasteiger partial charge in [-0.05, 0) is 43.0 Å². The molecule has 0 aromatic heterocycles. The lowest BCUT2D eigenvalue weighted by Crippen LogP contribution is -2.39. The van der Waals surface area contributed by atoms with E-state index in [0.717, 1.165) is 31.5 Å². The second-order valence-electron chi connectivity index (χ2n) is 6.84. The molecule has 1 N–H and O–H groups in total. The zero-order valence-corrected chi connectivity index (χ0v) is 14.0. The highest BCUT2D eigenvalue weighted by Crippen LogP contribution is 2.41. The van der Waals surface area contributed by atoms with Gasteiger partial charge in [0.05, 0.1) is 0 Å². The molecular weight excluding hydrogens is 285 g/mol. The van der Waals surface area contributed by atoms with E-state index < -0.39 is 0 Å². The van der Waals surface area contributed by atoms with Gasteiger partial charge in [0.2, 0.25) is 0 Å². The van der Waals surface area contributed by atoms with Gasteiger partial charge in [0.1, 0.15) is 5.82 Å². The van der Waals surface area contributed by atoms with Crippen LogP contribution in [0.4, 0.5) is 4.39 Å². The third kappa shape index (κ3) is 4.43. The van der Waals surface area contributed by atoms with Crippen molar-refractivity contribution < 1.29 is 4.39 Å². The lowest BCUT2D eigenvalue weighted by Gasteiger charge is -2.35. The fourth-order valence-electron chi connectivity index (χ4n) is 3.47. The van der Waals surface area contributed by atoms with Crippen LogP contribution in [0.25, 0.3) is 0 Å². The Bertz CT molecular complexity index is 451. The minimum atomic E-state index is -0.248. The van der Waals surface area contributed by atoms with E-state index in [9.17, 15) is 4.39 Å². The van der Waals surface area contributed by atoms with Crippen LogP contribution in [0.1, 0.15) is 57.9 Å². The molecule has 0 unspecified atom stereocenters. The lowest BCUT2D eigenvalue weighted by atomic mass is 9.74. The standard InChI is InChI=1S/C18H27ClFN/c1-14(2)12-21-13-18(9-5-3-4-6-10-18)16-8-7-15(20)11-17(16)19/h7-8,11,14,21H,3-6,9-10,12-13H2,1-2H3. The van der Waals surface area contributed by atoms with E-state index in [-0.39, 0.29) is 11.2 Å². The van der Waals surface area contributed by atoms with Gasteiger partial charge >= 0.3 is 0 Å². The minimum absolute atomic E-state index is 0.0656. The monoisotopic (exact) mass is 311 g/mol. The Labute approximate surface area is 133 Å². The molecule has 0 heterocycles. The molecule has 3 heteroatoms. The summed E-state index contributed by atoms with van der Waals surface area (Å²) in [6.45, 7) is 6.40. The first-order valence-electron chi connectivity index (χ1n) is 8.20. The maximum Gasteiger partial charge on any atom is 0.124 e. The number of hydrogen-bond donors (Lipinski definition) is 1. The van der Waals surface area contributed by atoms with Gasteiger partial charge in [-0.3, -0.25) is 0 Å². The number of rotatable bonds is 5. The first-order valence-corrected chi connectivity index (χ1v) is 8.57. The van der Waals surface area contributed by atoms with E-state index in [1.54, 1.807) is 6.07 Å². The van der Waals surface area contributed by atoms with E-state index in [1.165, 1.54) is 31.7 Å². The molecule has 1 fully saturated rings. The normalized spacial score (nSPS) is 18.7. The summed E-state index contributed by atoms with van der Waals surface area (Å²) in [5, 5.41) is 4.20. The van der Waals surface area contributed by atoms with Gasteiger partial charge in [-0.25, -0.2) is 4.39 Å². The summed E-state index contributed by atoms with van der Waals surface area (Å²) in [7, 11) is 0. The molecule has 1 aliphatic carbocycles. The van der Waals surface area contributed by atoms with Crippen LogP contribution in [0.5, 0.6) is 0 Å². The van der Waals surface area contributed by atoms with Crippen LogP contribution in [0.15, 0.2) is 18.2 Å². The van der Waals surface area contributed by atoms with Crippen LogP contribution >= 0.6 is 11.6 Å². The summed E-state index contributed by atoms with van der Waals surface area (Å²) in [5.41, 5.74) is 1.19. The van der Waals surface area contributed by atoms with Crippen molar-refractivity contribution in [3.05, 3.63) is 34.6 Å². The molecule has 0 atom stereocenters. The lowest BCUT2D eigenvalue weighted by molar-refractivity contribution is 0.339. The smallest absolute Gasteiger partial charge is 0.124 e. The van der Waals surface area contributed by atoms with Gasteiger partial charge in [0.15, 0.2) is 0 Å². The van der Waals surface area contributed by atoms with Gasteiger partial charge in [-0.15, -0.1) is 0 Å². The predicted octanol–water partition coefficient (Wildman–Crippen LogP) is 5.32. The topological polar surface area (TPSA) is 12.0 Å². The van der Waals surface area contributed by atoms with Crippen LogP contribution < -0.4 is 5.32 Å². The van der Waals surface area contributed by atoms with Crippen molar-refractivity contribution in [3.8, 4) is 0 Å². The Kier molecular flexibility index (Phi) is 6.07. The number of halogens is 2. The molecule has 1 aliphatic rings. The van der Waals surface area contributed by atoms with Gasteiger partial charge in [-0.2, -0.15) is 0 Å². The number of hydrogen-bond acceptors (Lipinski definition) is 1. The maximum absolute atomic E-state index is 13.4. The third-order valence-corrected chi connectivity index (χ3v) is 4.89. The largest absolute Gasteiger partial charge is 0.316 e. The molecule has 1 aromatic carbocycles. The van der Waals surface area contributed by atoms with E-state index in [1.807, 2.05) is 6.07 Å². The minimum Gasteiger partial charge on any atom is -0.316 e. The molecule has 1 aromatic rings. The highest BCUT2D eigenvalue weighted by molar-refractivity contribution is 6.31. The van der Waals surface area contributed by atoms with Crippen molar-refractivity contribution >= 4 is 11.6 Å². The van der Waals surface area contributed by atoms with Crippen LogP contribution in [-0.2, 0) is 5.41 Å². The van der Waals surface area contributed by atoms with Gasteiger partial charge < -0.3 is 5.32 Å². The summed E-state index contributed by atoms with van der Waals surface area (Å²) in [6, 6.07) is 4.92. The molecule has 0 spiro atoms. The van der Waals surface area contributed by atoms with E-state index in [0.29, 0.717) is 10.9 Å². The van der Waals surface area contributed by atoms with E-state index in [2.05, 4.69) is 19.2 Å². The molecule has 0 saturated heterocycles. The Balaban J connectivity index is 2.25. The summed E-state index contributed by atoms with van der Waals surface area (Å²) >= 11 is 6.38. The SMILES string of the molecule is CC(C)CNCC1(c2ccc(F)cc2Cl)CCCCCC1.